The number of pyridine rings is 2. The zero-order chi connectivity index (χ0) is 26.2. The second-order valence-electron chi connectivity index (χ2n) is 9.79. The summed E-state index contributed by atoms with van der Waals surface area (Å²) in [4.78, 5) is 20.2. The van der Waals surface area contributed by atoms with Crippen molar-refractivity contribution in [2.24, 2.45) is 5.92 Å². The van der Waals surface area contributed by atoms with E-state index in [1.54, 1.807) is 31.6 Å². The van der Waals surface area contributed by atoms with Crippen molar-refractivity contribution in [1.29, 1.82) is 0 Å². The Kier molecular flexibility index (Phi) is 6.68. The first-order valence-corrected chi connectivity index (χ1v) is 14.2. The quantitative estimate of drug-likeness (QED) is 0.362. The number of nitrogens with zero attached hydrogens (tertiary/aromatic N) is 5. The fraction of sp³-hybridized carbons (Fsp3) is 0.333. The number of aromatic nitrogens is 4. The van der Waals surface area contributed by atoms with Crippen LogP contribution in [0.4, 0.5) is 17.3 Å². The fourth-order valence-electron chi connectivity index (χ4n) is 4.73. The molecule has 0 radical (unpaired) electrons. The van der Waals surface area contributed by atoms with Gasteiger partial charge < -0.3 is 15.0 Å². The van der Waals surface area contributed by atoms with Gasteiger partial charge in [0.05, 0.1) is 12.9 Å². The van der Waals surface area contributed by atoms with Crippen molar-refractivity contribution in [3.05, 3.63) is 60.6 Å². The van der Waals surface area contributed by atoms with Crippen LogP contribution in [-0.2, 0) is 9.84 Å². The van der Waals surface area contributed by atoms with Crippen LogP contribution >= 0.6 is 0 Å². The molecule has 9 nitrogen and oxygen atoms in total. The van der Waals surface area contributed by atoms with E-state index in [0.29, 0.717) is 29.3 Å². The first kappa shape index (κ1) is 24.9. The summed E-state index contributed by atoms with van der Waals surface area (Å²) < 4.78 is 28.5. The topological polar surface area (TPSA) is 110 Å². The van der Waals surface area contributed by atoms with Gasteiger partial charge in [-0.3, -0.25) is 0 Å². The number of methoxy groups -OCH3 is 1. The zero-order valence-electron chi connectivity index (χ0n) is 21.3. The molecule has 10 heteroatoms. The molecule has 37 heavy (non-hydrogen) atoms. The van der Waals surface area contributed by atoms with Gasteiger partial charge in [0.1, 0.15) is 21.5 Å². The third kappa shape index (κ3) is 5.48. The summed E-state index contributed by atoms with van der Waals surface area (Å²) >= 11 is 0. The highest BCUT2D eigenvalue weighted by Gasteiger charge is 2.31. The number of sulfone groups is 1. The molecule has 4 aromatic rings. The Morgan fingerprint density at radius 2 is 1.84 bits per heavy atom. The molecule has 3 aromatic heterocycles. The van der Waals surface area contributed by atoms with Gasteiger partial charge in [0.25, 0.3) is 0 Å². The molecule has 192 valence electrons. The summed E-state index contributed by atoms with van der Waals surface area (Å²) in [5.74, 6) is 3.11. The van der Waals surface area contributed by atoms with Crippen LogP contribution in [0.25, 0.3) is 22.2 Å². The van der Waals surface area contributed by atoms with E-state index in [1.165, 1.54) is 11.8 Å². The molecule has 5 rings (SSSR count). The summed E-state index contributed by atoms with van der Waals surface area (Å²) in [7, 11) is -1.40. The molecule has 1 aromatic carbocycles. The van der Waals surface area contributed by atoms with Gasteiger partial charge in [-0.2, -0.15) is 0 Å². The number of fused-ring (bicyclic) bond motifs is 1. The number of hydrogen-bond donors (Lipinski definition) is 1. The third-order valence-corrected chi connectivity index (χ3v) is 7.56. The molecule has 0 spiro atoms. The molecule has 1 saturated heterocycles. The van der Waals surface area contributed by atoms with E-state index in [0.717, 1.165) is 35.1 Å². The van der Waals surface area contributed by atoms with Crippen LogP contribution in [0.1, 0.15) is 25.3 Å². The zero-order valence-corrected chi connectivity index (χ0v) is 22.2. The number of ether oxygens (including phenoxy) is 1. The fourth-order valence-corrected chi connectivity index (χ4v) is 5.79. The lowest BCUT2D eigenvalue weighted by Gasteiger charge is -2.41. The lowest BCUT2D eigenvalue weighted by Crippen LogP contribution is -2.49. The second kappa shape index (κ2) is 9.93. The maximum absolute atomic E-state index is 11.7. The highest BCUT2D eigenvalue weighted by atomic mass is 32.2. The normalized spacial score (nSPS) is 14.1. The molecule has 0 unspecified atom stereocenters. The summed E-state index contributed by atoms with van der Waals surface area (Å²) in [6.07, 6.45) is 6.57. The Bertz CT molecular complexity index is 1530. The van der Waals surface area contributed by atoms with Crippen molar-refractivity contribution < 1.29 is 13.2 Å². The smallest absolute Gasteiger partial charge is 0.212 e. The molecule has 4 heterocycles. The molecule has 1 fully saturated rings. The molecular weight excluding hydrogens is 488 g/mol. The van der Waals surface area contributed by atoms with Crippen LogP contribution in [0.3, 0.4) is 0 Å². The predicted octanol–water partition coefficient (Wildman–Crippen LogP) is 4.44. The Morgan fingerprint density at radius 1 is 1.03 bits per heavy atom. The number of anilines is 3. The molecule has 1 aliphatic rings. The second-order valence-corrected chi connectivity index (χ2v) is 12.0. The first-order chi connectivity index (χ1) is 17.7. The summed E-state index contributed by atoms with van der Waals surface area (Å²) in [5.41, 5.74) is 3.09. The monoisotopic (exact) mass is 518 g/mol. The highest BCUT2D eigenvalue weighted by molar-refractivity contribution is 7.90. The Morgan fingerprint density at radius 3 is 2.51 bits per heavy atom. The van der Waals surface area contributed by atoms with Crippen molar-refractivity contribution in [1.82, 2.24) is 19.9 Å². The van der Waals surface area contributed by atoms with E-state index < -0.39 is 9.84 Å². The number of hydrogen-bond acceptors (Lipinski definition) is 9. The molecule has 0 bridgehead atoms. The summed E-state index contributed by atoms with van der Waals surface area (Å²) in [6, 6.07) is 11.8. The van der Waals surface area contributed by atoms with E-state index in [2.05, 4.69) is 62.2 Å². The van der Waals surface area contributed by atoms with Crippen LogP contribution in [0, 0.1) is 5.92 Å². The van der Waals surface area contributed by atoms with Gasteiger partial charge in [-0.05, 0) is 41.1 Å². The number of benzene rings is 1. The third-order valence-electron chi connectivity index (χ3n) is 6.49. The Hall–Kier alpha value is -3.79. The molecule has 0 aliphatic carbocycles. The van der Waals surface area contributed by atoms with Gasteiger partial charge in [0, 0.05) is 66.6 Å². The molecular formula is C27H30N6O3S. The predicted molar refractivity (Wildman–Crippen MR) is 146 cm³/mol. The average molecular weight is 519 g/mol. The number of nitrogens with one attached hydrogen (secondary N) is 1. The summed E-state index contributed by atoms with van der Waals surface area (Å²) in [5, 5.41) is 5.49. The molecule has 0 amide bonds. The van der Waals surface area contributed by atoms with Gasteiger partial charge in [-0.25, -0.2) is 28.4 Å². The van der Waals surface area contributed by atoms with Crippen LogP contribution in [0.15, 0.2) is 55.0 Å². The van der Waals surface area contributed by atoms with Crippen LogP contribution in [0.2, 0.25) is 0 Å². The van der Waals surface area contributed by atoms with Crippen molar-refractivity contribution in [3.63, 3.8) is 0 Å². The van der Waals surface area contributed by atoms with E-state index in [9.17, 15) is 8.42 Å². The van der Waals surface area contributed by atoms with E-state index in [-0.39, 0.29) is 11.7 Å². The molecule has 0 saturated carbocycles. The van der Waals surface area contributed by atoms with Crippen molar-refractivity contribution in [3.8, 4) is 17.3 Å². The number of rotatable bonds is 8. The standard InChI is InChI=1S/C27H30N6O3S/c1-17(2)20-6-7-23(33-14-18(15-33)16-37(4,34)35)22-13-29-25(11-21(20)22)31-24-9-10-28-27(32-24)19-5-8-26(36-3)30-12-19/h5-13,17-18H,14-16H2,1-4H3,(H,28,29,31,32). The van der Waals surface area contributed by atoms with Gasteiger partial charge in [0.2, 0.25) is 5.88 Å². The minimum absolute atomic E-state index is 0.164. The lowest BCUT2D eigenvalue weighted by atomic mass is 9.93. The molecule has 1 aliphatic heterocycles. The van der Waals surface area contributed by atoms with E-state index in [4.69, 9.17) is 4.74 Å². The van der Waals surface area contributed by atoms with E-state index in [1.807, 2.05) is 12.3 Å². The highest BCUT2D eigenvalue weighted by Crippen LogP contribution is 2.37. The lowest BCUT2D eigenvalue weighted by molar-refractivity contribution is 0.398. The minimum Gasteiger partial charge on any atom is -0.481 e. The largest absolute Gasteiger partial charge is 0.481 e. The Balaban J connectivity index is 1.42. The van der Waals surface area contributed by atoms with Crippen LogP contribution < -0.4 is 15.0 Å². The van der Waals surface area contributed by atoms with Crippen LogP contribution in [0.5, 0.6) is 5.88 Å². The maximum Gasteiger partial charge on any atom is 0.212 e. The van der Waals surface area contributed by atoms with Crippen molar-refractivity contribution in [2.75, 3.05) is 42.4 Å². The minimum atomic E-state index is -2.98. The van der Waals surface area contributed by atoms with Gasteiger partial charge in [-0.15, -0.1) is 0 Å². The SMILES string of the molecule is COc1ccc(-c2nccc(Nc3cc4c(C(C)C)ccc(N5CC(CS(C)(=O)=O)C5)c4cn3)n2)cn1. The maximum atomic E-state index is 11.7. The van der Waals surface area contributed by atoms with E-state index >= 15 is 0 Å². The van der Waals surface area contributed by atoms with Crippen molar-refractivity contribution in [2.45, 2.75) is 19.8 Å². The van der Waals surface area contributed by atoms with Gasteiger partial charge in [0.15, 0.2) is 5.82 Å². The van der Waals surface area contributed by atoms with Gasteiger partial charge >= 0.3 is 0 Å². The van der Waals surface area contributed by atoms with Crippen LogP contribution in [-0.4, -0.2) is 60.6 Å². The summed E-state index contributed by atoms with van der Waals surface area (Å²) in [6.45, 7) is 5.81. The first-order valence-electron chi connectivity index (χ1n) is 12.2. The average Bonchev–Trinajstić information content (AvgIpc) is 2.85. The molecule has 0 atom stereocenters. The van der Waals surface area contributed by atoms with Gasteiger partial charge in [-0.1, -0.05) is 19.9 Å². The van der Waals surface area contributed by atoms with Crippen molar-refractivity contribution >= 4 is 37.9 Å². The molecule has 1 N–H and O–H groups in total. The Labute approximate surface area is 216 Å².